The molecule has 5 rings (SSSR count). The molecule has 1 saturated carbocycles. The van der Waals surface area contributed by atoms with Gasteiger partial charge < -0.3 is 10.2 Å². The first kappa shape index (κ1) is 19.8. The zero-order valence-electron chi connectivity index (χ0n) is 17.0. The lowest BCUT2D eigenvalue weighted by atomic mass is 9.97. The first-order valence-electron chi connectivity index (χ1n) is 10.3. The van der Waals surface area contributed by atoms with Crippen LogP contribution in [-0.4, -0.2) is 81.2 Å². The van der Waals surface area contributed by atoms with Crippen molar-refractivity contribution in [2.24, 2.45) is 16.3 Å². The van der Waals surface area contributed by atoms with Crippen molar-refractivity contribution in [2.75, 3.05) is 26.7 Å². The van der Waals surface area contributed by atoms with Crippen molar-refractivity contribution < 1.29 is 18.4 Å². The van der Waals surface area contributed by atoms with E-state index in [0.29, 0.717) is 31.9 Å². The number of carbonyl (C=O) groups is 2. The third kappa shape index (κ3) is 3.31. The second-order valence-electron chi connectivity index (χ2n) is 8.45. The number of aromatic nitrogens is 3. The fraction of sp³-hybridized carbons (Fsp3) is 0.550. The van der Waals surface area contributed by atoms with Crippen LogP contribution in [0.4, 0.5) is 8.78 Å². The van der Waals surface area contributed by atoms with Crippen molar-refractivity contribution >= 4 is 17.8 Å². The predicted octanol–water partition coefficient (Wildman–Crippen LogP) is 0.678. The highest BCUT2D eigenvalue weighted by Crippen LogP contribution is 2.51. The fourth-order valence-corrected chi connectivity index (χ4v) is 4.64. The molecule has 1 saturated heterocycles. The lowest BCUT2D eigenvalue weighted by Gasteiger charge is -2.22. The number of amides is 2. The van der Waals surface area contributed by atoms with Gasteiger partial charge in [-0.15, -0.1) is 5.10 Å². The predicted molar refractivity (Wildman–Crippen MR) is 106 cm³/mol. The van der Waals surface area contributed by atoms with Crippen molar-refractivity contribution in [1.29, 1.82) is 0 Å². The summed E-state index contributed by atoms with van der Waals surface area (Å²) >= 11 is 0. The maximum absolute atomic E-state index is 14.0. The van der Waals surface area contributed by atoms with Crippen molar-refractivity contribution in [3.63, 3.8) is 0 Å². The molecule has 1 aromatic heterocycles. The smallest absolute Gasteiger partial charge is 0.291 e. The van der Waals surface area contributed by atoms with Crippen molar-refractivity contribution in [1.82, 2.24) is 29.9 Å². The molecule has 164 valence electrons. The Balaban J connectivity index is 1.23. The van der Waals surface area contributed by atoms with Crippen LogP contribution in [0.5, 0.6) is 0 Å². The molecule has 11 heteroatoms. The van der Waals surface area contributed by atoms with E-state index < -0.39 is 29.2 Å². The van der Waals surface area contributed by atoms with Gasteiger partial charge in [0.2, 0.25) is 17.7 Å². The molecule has 0 radical (unpaired) electrons. The van der Waals surface area contributed by atoms with E-state index in [1.54, 1.807) is 11.9 Å². The van der Waals surface area contributed by atoms with E-state index in [0.717, 1.165) is 6.54 Å². The van der Waals surface area contributed by atoms with Crippen LogP contribution in [0, 0.1) is 11.3 Å². The Kier molecular flexibility index (Phi) is 4.63. The molecule has 3 heterocycles. The Bertz CT molecular complexity index is 1020. The number of hydrogen-bond acceptors (Lipinski definition) is 6. The molecule has 31 heavy (non-hydrogen) atoms. The maximum atomic E-state index is 14.0. The zero-order chi connectivity index (χ0) is 21.8. The fourth-order valence-electron chi connectivity index (χ4n) is 4.64. The number of nitrogens with zero attached hydrogens (tertiary/aromatic N) is 6. The van der Waals surface area contributed by atoms with Crippen LogP contribution in [0.15, 0.2) is 35.4 Å². The van der Waals surface area contributed by atoms with Gasteiger partial charge in [0.1, 0.15) is 18.3 Å². The second kappa shape index (κ2) is 7.24. The first-order valence-corrected chi connectivity index (χ1v) is 10.3. The molecule has 2 fully saturated rings. The zero-order valence-corrected chi connectivity index (χ0v) is 17.0. The highest BCUT2D eigenvalue weighted by molar-refractivity contribution is 6.03. The number of carbonyl (C=O) groups excluding carboxylic acids is 2. The Labute approximate surface area is 177 Å². The minimum atomic E-state index is -1.46. The molecule has 1 N–H and O–H groups in total. The molecular weight excluding hydrogens is 408 g/mol. The third-order valence-electron chi connectivity index (χ3n) is 6.56. The normalized spacial score (nSPS) is 32.0. The van der Waals surface area contributed by atoms with Gasteiger partial charge in [-0.05, 0) is 25.0 Å². The van der Waals surface area contributed by atoms with Crippen molar-refractivity contribution in [3.05, 3.63) is 36.2 Å². The molecule has 2 amide bonds. The van der Waals surface area contributed by atoms with Crippen molar-refractivity contribution in [2.45, 2.75) is 31.6 Å². The number of halogens is 2. The molecule has 4 atom stereocenters. The highest BCUT2D eigenvalue weighted by Gasteiger charge is 2.63. The molecule has 0 aromatic carbocycles. The molecule has 0 bridgehead atoms. The number of rotatable bonds is 4. The summed E-state index contributed by atoms with van der Waals surface area (Å²) in [5, 5.41) is 6.93. The van der Waals surface area contributed by atoms with E-state index in [2.05, 4.69) is 25.3 Å². The van der Waals surface area contributed by atoms with Crippen LogP contribution in [0.3, 0.4) is 0 Å². The van der Waals surface area contributed by atoms with E-state index >= 15 is 0 Å². The third-order valence-corrected chi connectivity index (χ3v) is 6.56. The van der Waals surface area contributed by atoms with Gasteiger partial charge in [0, 0.05) is 26.2 Å². The monoisotopic (exact) mass is 431 g/mol. The van der Waals surface area contributed by atoms with Crippen LogP contribution < -0.4 is 5.32 Å². The number of fused-ring (bicyclic) bond motifs is 1. The minimum absolute atomic E-state index is 0.0407. The molecule has 1 aromatic rings. The highest BCUT2D eigenvalue weighted by atomic mass is 19.1. The molecule has 2 aliphatic heterocycles. The summed E-state index contributed by atoms with van der Waals surface area (Å²) in [5.74, 6) is -1.50. The molecule has 2 aliphatic carbocycles. The van der Waals surface area contributed by atoms with E-state index in [9.17, 15) is 18.4 Å². The minimum Gasteiger partial charge on any atom is -0.345 e. The average molecular weight is 431 g/mol. The SMILES string of the molecule is CN1C(=O)C2(CCN3CCN=C31)CC2NC(=O)c1ncn(CC2C(F)=CC=CC2F)n1. The largest absolute Gasteiger partial charge is 0.345 e. The summed E-state index contributed by atoms with van der Waals surface area (Å²) in [4.78, 5) is 37.8. The summed E-state index contributed by atoms with van der Waals surface area (Å²) in [6.07, 6.45) is 4.85. The standard InChI is InChI=1S/C20H23F2N7O2/c1-27-18(31)20(5-7-28-8-6-23-19(27)28)9-15(20)25-17(30)16-24-11-29(26-16)10-12-13(21)3-2-4-14(12)22/h2-4,11-13,15H,5-10H2,1H3,(H,25,30). The van der Waals surface area contributed by atoms with Crippen molar-refractivity contribution in [3.8, 4) is 0 Å². The Morgan fingerprint density at radius 2 is 2.23 bits per heavy atom. The maximum Gasteiger partial charge on any atom is 0.291 e. The van der Waals surface area contributed by atoms with E-state index in [1.165, 1.54) is 29.2 Å². The van der Waals surface area contributed by atoms with Gasteiger partial charge >= 0.3 is 0 Å². The second-order valence-corrected chi connectivity index (χ2v) is 8.45. The van der Waals surface area contributed by atoms with Crippen LogP contribution >= 0.6 is 0 Å². The number of allylic oxidation sites excluding steroid dienone is 4. The topological polar surface area (TPSA) is 95.7 Å². The van der Waals surface area contributed by atoms with Crippen LogP contribution in [0.2, 0.25) is 0 Å². The van der Waals surface area contributed by atoms with Gasteiger partial charge in [0.15, 0.2) is 0 Å². The van der Waals surface area contributed by atoms with Gasteiger partial charge in [0.05, 0.1) is 24.4 Å². The number of hydrogen-bond donors (Lipinski definition) is 1. The number of guanidine groups is 1. The van der Waals surface area contributed by atoms with Gasteiger partial charge in [-0.2, -0.15) is 0 Å². The Morgan fingerprint density at radius 1 is 1.39 bits per heavy atom. The molecule has 4 aliphatic rings. The van der Waals surface area contributed by atoms with E-state index in [4.69, 9.17) is 0 Å². The number of aliphatic imine (C=N–C) groups is 1. The van der Waals surface area contributed by atoms with Crippen LogP contribution in [0.1, 0.15) is 23.5 Å². The first-order chi connectivity index (χ1) is 14.9. The quantitative estimate of drug-likeness (QED) is 0.757. The summed E-state index contributed by atoms with van der Waals surface area (Å²) in [6.45, 7) is 2.14. The summed E-state index contributed by atoms with van der Waals surface area (Å²) in [5.41, 5.74) is -0.635. The average Bonchev–Trinajstić information content (AvgIpc) is 3.10. The molecule has 4 unspecified atom stereocenters. The van der Waals surface area contributed by atoms with Crippen LogP contribution in [0.25, 0.3) is 0 Å². The Hall–Kier alpha value is -3.11. The molecular formula is C20H23F2N7O2. The molecule has 9 nitrogen and oxygen atoms in total. The van der Waals surface area contributed by atoms with Gasteiger partial charge in [-0.1, -0.05) is 6.08 Å². The number of nitrogens with one attached hydrogen (secondary N) is 1. The number of alkyl halides is 1. The van der Waals surface area contributed by atoms with Crippen LogP contribution in [-0.2, 0) is 11.3 Å². The Morgan fingerprint density at radius 3 is 3.03 bits per heavy atom. The van der Waals surface area contributed by atoms with E-state index in [1.807, 2.05) is 0 Å². The van der Waals surface area contributed by atoms with Gasteiger partial charge in [-0.25, -0.2) is 13.8 Å². The summed E-state index contributed by atoms with van der Waals surface area (Å²) in [7, 11) is 1.72. The lowest BCUT2D eigenvalue weighted by molar-refractivity contribution is -0.132. The van der Waals surface area contributed by atoms with Gasteiger partial charge in [-0.3, -0.25) is 24.2 Å². The van der Waals surface area contributed by atoms with E-state index in [-0.39, 0.29) is 24.3 Å². The molecule has 1 spiro atoms. The lowest BCUT2D eigenvalue weighted by Crippen LogP contribution is -2.43. The summed E-state index contributed by atoms with van der Waals surface area (Å²) < 4.78 is 29.1. The summed E-state index contributed by atoms with van der Waals surface area (Å²) in [6, 6.07) is -0.304. The van der Waals surface area contributed by atoms with Gasteiger partial charge in [0.25, 0.3) is 5.91 Å².